The smallest absolute Gasteiger partial charge is 0.347 e. The lowest BCUT2D eigenvalue weighted by Crippen LogP contribution is -2.34. The van der Waals surface area contributed by atoms with E-state index in [1.54, 1.807) is 0 Å². The summed E-state index contributed by atoms with van der Waals surface area (Å²) < 4.78 is 73.3. The van der Waals surface area contributed by atoms with Crippen molar-refractivity contribution < 1.29 is 31.1 Å². The summed E-state index contributed by atoms with van der Waals surface area (Å²) >= 11 is 0. The molecule has 0 atom stereocenters. The van der Waals surface area contributed by atoms with Crippen LogP contribution in [0.1, 0.15) is 5.56 Å². The maximum Gasteiger partial charge on any atom is 0.405 e. The van der Waals surface area contributed by atoms with Crippen molar-refractivity contribution in [2.75, 3.05) is 6.54 Å². The number of benzene rings is 1. The van der Waals surface area contributed by atoms with Crippen LogP contribution in [0.2, 0.25) is 0 Å². The lowest BCUT2D eigenvalue weighted by molar-refractivity contribution is -0.138. The predicted octanol–water partition coefficient (Wildman–Crippen LogP) is 2.32. The zero-order valence-corrected chi connectivity index (χ0v) is 8.74. The van der Waals surface area contributed by atoms with Crippen LogP contribution in [0.15, 0.2) is 12.1 Å². The lowest BCUT2D eigenvalue weighted by atomic mass is 10.1. The van der Waals surface area contributed by atoms with Gasteiger partial charge in [0.2, 0.25) is 5.91 Å². The van der Waals surface area contributed by atoms with E-state index >= 15 is 0 Å². The monoisotopic (exact) mass is 271 g/mol. The average molecular weight is 271 g/mol. The Morgan fingerprint density at radius 3 is 2.06 bits per heavy atom. The van der Waals surface area contributed by atoms with E-state index in [-0.39, 0.29) is 5.56 Å². The molecular formula is C10H7F6NO. The van der Waals surface area contributed by atoms with Gasteiger partial charge >= 0.3 is 6.18 Å². The Kier molecular flexibility index (Phi) is 4.20. The molecule has 0 spiro atoms. The van der Waals surface area contributed by atoms with Gasteiger partial charge in [-0.05, 0) is 17.7 Å². The first-order valence-corrected chi connectivity index (χ1v) is 4.66. The lowest BCUT2D eigenvalue weighted by Gasteiger charge is -2.08. The molecule has 0 bridgehead atoms. The highest BCUT2D eigenvalue weighted by molar-refractivity contribution is 5.78. The zero-order chi connectivity index (χ0) is 13.9. The average Bonchev–Trinajstić information content (AvgIpc) is 2.22. The molecule has 0 saturated heterocycles. The van der Waals surface area contributed by atoms with Gasteiger partial charge in [0.05, 0.1) is 6.42 Å². The largest absolute Gasteiger partial charge is 0.405 e. The molecule has 8 heteroatoms. The van der Waals surface area contributed by atoms with E-state index in [1.165, 1.54) is 5.32 Å². The first kappa shape index (κ1) is 14.3. The fourth-order valence-electron chi connectivity index (χ4n) is 1.16. The summed E-state index contributed by atoms with van der Waals surface area (Å²) in [5.74, 6) is -5.78. The highest BCUT2D eigenvalue weighted by Crippen LogP contribution is 2.15. The number of amides is 1. The summed E-state index contributed by atoms with van der Waals surface area (Å²) in [6.45, 7) is -1.54. The molecule has 0 fully saturated rings. The second-order valence-electron chi connectivity index (χ2n) is 3.44. The van der Waals surface area contributed by atoms with Crippen LogP contribution in [0.5, 0.6) is 0 Å². The molecule has 0 aromatic heterocycles. The number of rotatable bonds is 3. The summed E-state index contributed by atoms with van der Waals surface area (Å²) in [5, 5.41) is 1.52. The van der Waals surface area contributed by atoms with Crippen molar-refractivity contribution in [3.05, 3.63) is 35.1 Å². The highest BCUT2D eigenvalue weighted by Gasteiger charge is 2.27. The van der Waals surface area contributed by atoms with Crippen molar-refractivity contribution in [1.29, 1.82) is 0 Å². The van der Waals surface area contributed by atoms with Crippen LogP contribution >= 0.6 is 0 Å². The summed E-state index contributed by atoms with van der Waals surface area (Å²) in [6, 6.07) is 1.09. The van der Waals surface area contributed by atoms with E-state index in [0.29, 0.717) is 12.1 Å². The molecule has 100 valence electrons. The van der Waals surface area contributed by atoms with Crippen molar-refractivity contribution in [3.63, 3.8) is 0 Å². The fraction of sp³-hybridized carbons (Fsp3) is 0.300. The van der Waals surface area contributed by atoms with Crippen LogP contribution in [0.3, 0.4) is 0 Å². The van der Waals surface area contributed by atoms with Crippen LogP contribution in [0.4, 0.5) is 26.3 Å². The Labute approximate surface area is 97.6 Å². The van der Waals surface area contributed by atoms with E-state index in [0.717, 1.165) is 0 Å². The number of hydrogen-bond acceptors (Lipinski definition) is 1. The Bertz CT molecular complexity index is 433. The quantitative estimate of drug-likeness (QED) is 0.663. The third-order valence-electron chi connectivity index (χ3n) is 1.89. The molecule has 1 aromatic rings. The third-order valence-corrected chi connectivity index (χ3v) is 1.89. The number of carbonyl (C=O) groups excluding carboxylic acids is 1. The summed E-state index contributed by atoms with van der Waals surface area (Å²) in [4.78, 5) is 11.0. The van der Waals surface area contributed by atoms with Gasteiger partial charge in [-0.15, -0.1) is 0 Å². The van der Waals surface area contributed by atoms with Gasteiger partial charge in [0.25, 0.3) is 0 Å². The molecule has 0 saturated carbocycles. The van der Waals surface area contributed by atoms with Gasteiger partial charge in [0.15, 0.2) is 17.5 Å². The third kappa shape index (κ3) is 4.27. The number of nitrogens with one attached hydrogen (secondary N) is 1. The van der Waals surface area contributed by atoms with Gasteiger partial charge in [-0.25, -0.2) is 13.2 Å². The highest BCUT2D eigenvalue weighted by atomic mass is 19.4. The Morgan fingerprint density at radius 2 is 1.61 bits per heavy atom. The van der Waals surface area contributed by atoms with Gasteiger partial charge < -0.3 is 5.32 Å². The first-order chi connectivity index (χ1) is 8.19. The van der Waals surface area contributed by atoms with Crippen molar-refractivity contribution in [2.45, 2.75) is 12.6 Å². The summed E-state index contributed by atoms with van der Waals surface area (Å²) in [7, 11) is 0. The molecule has 1 rings (SSSR count). The number of halogens is 6. The van der Waals surface area contributed by atoms with Crippen LogP contribution in [0.25, 0.3) is 0 Å². The van der Waals surface area contributed by atoms with E-state index < -0.39 is 42.5 Å². The molecule has 18 heavy (non-hydrogen) atoms. The molecule has 0 radical (unpaired) electrons. The topological polar surface area (TPSA) is 29.1 Å². The van der Waals surface area contributed by atoms with E-state index in [4.69, 9.17) is 0 Å². The molecule has 2 nitrogen and oxygen atoms in total. The molecule has 0 heterocycles. The molecule has 1 aromatic carbocycles. The normalized spacial score (nSPS) is 11.4. The SMILES string of the molecule is O=C(Cc1cc(F)c(F)c(F)c1)NCC(F)(F)F. The molecule has 0 aliphatic carbocycles. The molecule has 0 aliphatic heterocycles. The minimum Gasteiger partial charge on any atom is -0.347 e. The molecule has 1 amide bonds. The fourth-order valence-corrected chi connectivity index (χ4v) is 1.16. The van der Waals surface area contributed by atoms with Crippen LogP contribution in [-0.4, -0.2) is 18.6 Å². The van der Waals surface area contributed by atoms with Crippen molar-refractivity contribution in [3.8, 4) is 0 Å². The minimum absolute atomic E-state index is 0.258. The van der Waals surface area contributed by atoms with Gasteiger partial charge in [0.1, 0.15) is 6.54 Å². The zero-order valence-electron chi connectivity index (χ0n) is 8.74. The Balaban J connectivity index is 2.65. The van der Waals surface area contributed by atoms with E-state index in [2.05, 4.69) is 0 Å². The molecule has 0 aliphatic rings. The van der Waals surface area contributed by atoms with Gasteiger partial charge in [-0.1, -0.05) is 0 Å². The van der Waals surface area contributed by atoms with Crippen molar-refractivity contribution >= 4 is 5.91 Å². The standard InChI is InChI=1S/C10H7F6NO/c11-6-1-5(2-7(12)9(6)13)3-8(18)17-4-10(14,15)16/h1-2H,3-4H2,(H,17,18). The number of hydrogen-bond donors (Lipinski definition) is 1. The van der Waals surface area contributed by atoms with Crippen LogP contribution in [0, 0.1) is 17.5 Å². The molecule has 1 N–H and O–H groups in total. The Hall–Kier alpha value is -1.73. The maximum atomic E-state index is 12.7. The summed E-state index contributed by atoms with van der Waals surface area (Å²) in [5.41, 5.74) is -0.258. The van der Waals surface area contributed by atoms with E-state index in [1.807, 2.05) is 0 Å². The second kappa shape index (κ2) is 5.28. The molecule has 0 unspecified atom stereocenters. The van der Waals surface area contributed by atoms with Gasteiger partial charge in [0, 0.05) is 0 Å². The van der Waals surface area contributed by atoms with Gasteiger partial charge in [-0.3, -0.25) is 4.79 Å². The van der Waals surface area contributed by atoms with Crippen molar-refractivity contribution in [2.24, 2.45) is 0 Å². The van der Waals surface area contributed by atoms with Crippen molar-refractivity contribution in [1.82, 2.24) is 5.32 Å². The predicted molar refractivity (Wildman–Crippen MR) is 49.1 cm³/mol. The first-order valence-electron chi connectivity index (χ1n) is 4.66. The van der Waals surface area contributed by atoms with E-state index in [9.17, 15) is 31.1 Å². The molecular weight excluding hydrogens is 264 g/mol. The second-order valence-corrected chi connectivity index (χ2v) is 3.44. The van der Waals surface area contributed by atoms with Crippen LogP contribution in [-0.2, 0) is 11.2 Å². The Morgan fingerprint density at radius 1 is 1.11 bits per heavy atom. The maximum absolute atomic E-state index is 12.7. The van der Waals surface area contributed by atoms with Gasteiger partial charge in [-0.2, -0.15) is 13.2 Å². The minimum atomic E-state index is -4.57. The number of alkyl halides is 3. The number of carbonyl (C=O) groups is 1. The van der Waals surface area contributed by atoms with Crippen LogP contribution < -0.4 is 5.32 Å². The summed E-state index contributed by atoms with van der Waals surface area (Å²) in [6.07, 6.45) is -5.25.